The van der Waals surface area contributed by atoms with E-state index in [1.165, 1.54) is 11.6 Å². The molecule has 4 rings (SSSR count). The first-order valence-corrected chi connectivity index (χ1v) is 13.3. The van der Waals surface area contributed by atoms with Gasteiger partial charge in [-0.2, -0.15) is 8.42 Å². The van der Waals surface area contributed by atoms with Gasteiger partial charge in [0.2, 0.25) is 0 Å². The average Bonchev–Trinajstić information content (AvgIpc) is 2.89. The van der Waals surface area contributed by atoms with Crippen molar-refractivity contribution in [3.8, 4) is 5.75 Å². The molecule has 1 N–H and O–H groups in total. The van der Waals surface area contributed by atoms with Gasteiger partial charge >= 0.3 is 0 Å². The zero-order valence-electron chi connectivity index (χ0n) is 20.3. The summed E-state index contributed by atoms with van der Waals surface area (Å²) in [5.41, 5.74) is 2.65. The summed E-state index contributed by atoms with van der Waals surface area (Å²) in [6, 6.07) is 27.0. The molecule has 0 radical (unpaired) electrons. The molecule has 0 saturated carbocycles. The normalized spacial score (nSPS) is 12.3. The van der Waals surface area contributed by atoms with Gasteiger partial charge in [-0.25, -0.2) is 0 Å². The predicted octanol–water partition coefficient (Wildman–Crippen LogP) is 6.21. The van der Waals surface area contributed by atoms with Crippen molar-refractivity contribution in [2.45, 2.75) is 37.6 Å². The topological polar surface area (TPSA) is 83.9 Å². The fourth-order valence-electron chi connectivity index (χ4n) is 4.15. The Morgan fingerprint density at radius 2 is 1.56 bits per heavy atom. The van der Waals surface area contributed by atoms with Gasteiger partial charge in [0.25, 0.3) is 16.0 Å². The van der Waals surface area contributed by atoms with Crippen LogP contribution in [-0.2, 0) is 21.5 Å². The number of hydrogen-bond acceptors (Lipinski definition) is 4. The van der Waals surface area contributed by atoms with Crippen molar-refractivity contribution in [1.82, 2.24) is 0 Å². The molecule has 36 heavy (non-hydrogen) atoms. The summed E-state index contributed by atoms with van der Waals surface area (Å²) >= 11 is 0. The van der Waals surface area contributed by atoms with E-state index in [1.807, 2.05) is 54.6 Å². The number of rotatable bonds is 9. The highest BCUT2D eigenvalue weighted by atomic mass is 32.2. The van der Waals surface area contributed by atoms with Crippen LogP contribution in [0.1, 0.15) is 37.3 Å². The minimum absolute atomic E-state index is 0.191. The minimum Gasteiger partial charge on any atom is -0.484 e. The Hall–Kier alpha value is -3.68. The number of anilines is 1. The Balaban J connectivity index is 1.67. The van der Waals surface area contributed by atoms with Gasteiger partial charge in [-0.15, -0.1) is 0 Å². The summed E-state index contributed by atoms with van der Waals surface area (Å²) in [5, 5.41) is 0.875. The third-order valence-corrected chi connectivity index (χ3v) is 7.25. The van der Waals surface area contributed by atoms with Crippen LogP contribution in [0.2, 0.25) is 0 Å². The highest BCUT2D eigenvalue weighted by molar-refractivity contribution is 7.86. The van der Waals surface area contributed by atoms with Crippen LogP contribution in [-0.4, -0.2) is 25.5 Å². The van der Waals surface area contributed by atoms with Crippen molar-refractivity contribution in [3.05, 3.63) is 102 Å². The molecule has 7 heteroatoms. The van der Waals surface area contributed by atoms with E-state index < -0.39 is 10.1 Å². The lowest BCUT2D eigenvalue weighted by Gasteiger charge is -2.25. The van der Waals surface area contributed by atoms with Crippen molar-refractivity contribution in [2.75, 3.05) is 11.5 Å². The zero-order chi connectivity index (χ0) is 25.7. The van der Waals surface area contributed by atoms with Crippen LogP contribution in [0.4, 0.5) is 5.69 Å². The molecule has 0 aliphatic rings. The smallest absolute Gasteiger partial charge is 0.295 e. The predicted molar refractivity (Wildman–Crippen MR) is 142 cm³/mol. The van der Waals surface area contributed by atoms with Crippen molar-refractivity contribution in [1.29, 1.82) is 0 Å². The van der Waals surface area contributed by atoms with Gasteiger partial charge in [0.15, 0.2) is 6.61 Å². The van der Waals surface area contributed by atoms with Gasteiger partial charge in [-0.3, -0.25) is 9.35 Å². The van der Waals surface area contributed by atoms with Crippen LogP contribution in [0, 0.1) is 0 Å². The first kappa shape index (κ1) is 25.4. The van der Waals surface area contributed by atoms with Gasteiger partial charge in [0, 0.05) is 10.8 Å². The van der Waals surface area contributed by atoms with Gasteiger partial charge in [-0.05, 0) is 47.7 Å². The molecule has 1 amide bonds. The van der Waals surface area contributed by atoms with Crippen LogP contribution < -0.4 is 9.64 Å². The quantitative estimate of drug-likeness (QED) is 0.275. The molecule has 0 aliphatic heterocycles. The molecule has 0 saturated heterocycles. The van der Waals surface area contributed by atoms with Crippen LogP contribution in [0.15, 0.2) is 95.9 Å². The van der Waals surface area contributed by atoms with E-state index in [0.29, 0.717) is 28.1 Å². The summed E-state index contributed by atoms with van der Waals surface area (Å²) in [5.74, 6) is 0.761. The fraction of sp³-hybridized carbons (Fsp3) is 0.207. The van der Waals surface area contributed by atoms with Crippen molar-refractivity contribution < 1.29 is 22.5 Å². The summed E-state index contributed by atoms with van der Waals surface area (Å²) < 4.78 is 39.5. The lowest BCUT2D eigenvalue weighted by atomic mass is 9.99. The largest absolute Gasteiger partial charge is 0.484 e. The van der Waals surface area contributed by atoms with Crippen LogP contribution >= 0.6 is 0 Å². The van der Waals surface area contributed by atoms with Crippen LogP contribution in [0.5, 0.6) is 5.75 Å². The first-order chi connectivity index (χ1) is 17.3. The molecule has 0 fully saturated rings. The van der Waals surface area contributed by atoms with Gasteiger partial charge < -0.3 is 9.64 Å². The summed E-state index contributed by atoms with van der Waals surface area (Å²) in [7, 11) is -4.44. The molecule has 186 valence electrons. The molecule has 4 aromatic rings. The molecular weight excluding hydrogens is 474 g/mol. The third kappa shape index (κ3) is 5.75. The third-order valence-electron chi connectivity index (χ3n) is 6.34. The second-order valence-electron chi connectivity index (χ2n) is 8.74. The fourth-order valence-corrected chi connectivity index (χ4v) is 4.86. The van der Waals surface area contributed by atoms with Gasteiger partial charge in [0.05, 0.1) is 12.2 Å². The van der Waals surface area contributed by atoms with Gasteiger partial charge in [-0.1, -0.05) is 80.6 Å². The number of ether oxygens (including phenoxy) is 1. The van der Waals surface area contributed by atoms with E-state index in [1.54, 1.807) is 35.2 Å². The number of fused-ring (bicyclic) bond motifs is 1. The number of carbonyl (C=O) groups excluding carboxylic acids is 1. The highest BCUT2D eigenvalue weighted by Crippen LogP contribution is 2.32. The van der Waals surface area contributed by atoms with E-state index in [0.717, 1.165) is 12.0 Å². The molecule has 1 atom stereocenters. The lowest BCUT2D eigenvalue weighted by molar-refractivity contribution is -0.120. The zero-order valence-corrected chi connectivity index (χ0v) is 21.1. The average molecular weight is 504 g/mol. The molecule has 0 heterocycles. The Kier molecular flexibility index (Phi) is 7.72. The SMILES string of the molecule is CCC(C)c1ccc(OCC(=O)N(Cc2ccccc2)c2cccc3c(S(=O)(=O)O)cccc23)cc1. The molecule has 0 aliphatic carbocycles. The van der Waals surface area contributed by atoms with E-state index in [9.17, 15) is 17.8 Å². The van der Waals surface area contributed by atoms with E-state index >= 15 is 0 Å². The van der Waals surface area contributed by atoms with Crippen LogP contribution in [0.3, 0.4) is 0 Å². The summed E-state index contributed by atoms with van der Waals surface area (Å²) in [6.07, 6.45) is 1.04. The molecular formula is C29H29NO5S. The lowest BCUT2D eigenvalue weighted by Crippen LogP contribution is -2.34. The molecule has 0 bridgehead atoms. The summed E-state index contributed by atoms with van der Waals surface area (Å²) in [4.78, 5) is 14.9. The van der Waals surface area contributed by atoms with E-state index in [4.69, 9.17) is 4.74 Å². The Bertz CT molecular complexity index is 1450. The standard InChI is InChI=1S/C29H29NO5S/c1-3-21(2)23-15-17-24(18-16-23)35-20-29(31)30(19-22-9-5-4-6-10-22)27-13-7-12-26-25(27)11-8-14-28(26)36(32,33)34/h4-18,21H,3,19-20H2,1-2H3,(H,32,33,34). The molecule has 0 aromatic heterocycles. The van der Waals surface area contributed by atoms with Crippen LogP contribution in [0.25, 0.3) is 10.8 Å². The Morgan fingerprint density at radius 1 is 0.889 bits per heavy atom. The molecule has 0 spiro atoms. The molecule has 1 unspecified atom stereocenters. The van der Waals surface area contributed by atoms with Crippen molar-refractivity contribution >= 4 is 32.5 Å². The van der Waals surface area contributed by atoms with E-state index in [-0.39, 0.29) is 24.0 Å². The maximum Gasteiger partial charge on any atom is 0.295 e. The maximum atomic E-state index is 13.5. The number of carbonyl (C=O) groups is 1. The summed E-state index contributed by atoms with van der Waals surface area (Å²) in [6.45, 7) is 4.38. The molecule has 4 aromatic carbocycles. The minimum atomic E-state index is -4.44. The highest BCUT2D eigenvalue weighted by Gasteiger charge is 2.22. The number of hydrogen-bond donors (Lipinski definition) is 1. The van der Waals surface area contributed by atoms with E-state index in [2.05, 4.69) is 13.8 Å². The maximum absolute atomic E-state index is 13.5. The first-order valence-electron chi connectivity index (χ1n) is 11.8. The van der Waals surface area contributed by atoms with Gasteiger partial charge in [0.1, 0.15) is 10.6 Å². The van der Waals surface area contributed by atoms with Crippen molar-refractivity contribution in [3.63, 3.8) is 0 Å². The number of benzene rings is 4. The Morgan fingerprint density at radius 3 is 2.22 bits per heavy atom. The number of amides is 1. The second-order valence-corrected chi connectivity index (χ2v) is 10.1. The Labute approximate surface area is 211 Å². The van der Waals surface area contributed by atoms with Crippen molar-refractivity contribution in [2.24, 2.45) is 0 Å². The molecule has 6 nitrogen and oxygen atoms in total. The second kappa shape index (κ2) is 10.9. The number of nitrogens with zero attached hydrogens (tertiary/aromatic N) is 1. The monoisotopic (exact) mass is 503 g/mol.